The standard InChI is InChI=1S/C20H38O5/c1-5-9-11-17(7-3)13-24-19(21)15-23-16-20(22)25-14-18(8-4)12-10-6-2/h17-18H,5-16H2,1-4H3. The first-order chi connectivity index (χ1) is 12.1. The van der Waals surface area contributed by atoms with Crippen LogP contribution in [-0.2, 0) is 23.8 Å². The van der Waals surface area contributed by atoms with Crippen LogP contribution in [0.1, 0.15) is 79.1 Å². The molecule has 25 heavy (non-hydrogen) atoms. The van der Waals surface area contributed by atoms with Crippen molar-refractivity contribution in [3.63, 3.8) is 0 Å². The summed E-state index contributed by atoms with van der Waals surface area (Å²) >= 11 is 0. The van der Waals surface area contributed by atoms with Gasteiger partial charge in [0.2, 0.25) is 0 Å². The maximum atomic E-state index is 11.7. The van der Waals surface area contributed by atoms with E-state index < -0.39 is 11.9 Å². The number of carbonyl (C=O) groups excluding carboxylic acids is 2. The van der Waals surface area contributed by atoms with Crippen LogP contribution in [0.5, 0.6) is 0 Å². The number of hydrogen-bond donors (Lipinski definition) is 0. The van der Waals surface area contributed by atoms with Crippen LogP contribution in [0.25, 0.3) is 0 Å². The van der Waals surface area contributed by atoms with Gasteiger partial charge in [0.15, 0.2) is 0 Å². The third-order valence-corrected chi connectivity index (χ3v) is 4.49. The van der Waals surface area contributed by atoms with Gasteiger partial charge in [-0.05, 0) is 24.7 Å². The molecule has 0 amide bonds. The SMILES string of the molecule is CCCCC(CC)COC(=O)COCC(=O)OCC(CC)CCCC. The first-order valence-electron chi connectivity index (χ1n) is 9.96. The Labute approximate surface area is 153 Å². The van der Waals surface area contributed by atoms with Crippen LogP contribution < -0.4 is 0 Å². The number of esters is 2. The molecule has 0 aliphatic carbocycles. The maximum Gasteiger partial charge on any atom is 0.332 e. The summed E-state index contributed by atoms with van der Waals surface area (Å²) < 4.78 is 15.5. The first-order valence-corrected chi connectivity index (χ1v) is 9.96. The summed E-state index contributed by atoms with van der Waals surface area (Å²) in [7, 11) is 0. The van der Waals surface area contributed by atoms with E-state index in [1.54, 1.807) is 0 Å². The van der Waals surface area contributed by atoms with E-state index in [2.05, 4.69) is 27.7 Å². The van der Waals surface area contributed by atoms with E-state index in [1.807, 2.05) is 0 Å². The second kappa shape index (κ2) is 16.4. The number of ether oxygens (including phenoxy) is 3. The summed E-state index contributed by atoms with van der Waals surface area (Å²) in [6.07, 6.45) is 8.73. The van der Waals surface area contributed by atoms with Gasteiger partial charge < -0.3 is 14.2 Å². The van der Waals surface area contributed by atoms with Gasteiger partial charge in [-0.25, -0.2) is 9.59 Å². The average molecular weight is 359 g/mol. The quantitative estimate of drug-likeness (QED) is 0.380. The zero-order chi connectivity index (χ0) is 18.9. The highest BCUT2D eigenvalue weighted by Gasteiger charge is 2.13. The Morgan fingerprint density at radius 1 is 0.720 bits per heavy atom. The molecule has 0 spiro atoms. The van der Waals surface area contributed by atoms with Gasteiger partial charge in [-0.15, -0.1) is 0 Å². The minimum atomic E-state index is -0.419. The van der Waals surface area contributed by atoms with E-state index >= 15 is 0 Å². The lowest BCUT2D eigenvalue weighted by Gasteiger charge is -2.15. The third kappa shape index (κ3) is 13.8. The van der Waals surface area contributed by atoms with Gasteiger partial charge >= 0.3 is 11.9 Å². The Morgan fingerprint density at radius 2 is 1.12 bits per heavy atom. The zero-order valence-electron chi connectivity index (χ0n) is 16.7. The molecule has 5 nitrogen and oxygen atoms in total. The van der Waals surface area contributed by atoms with Crippen LogP contribution in [0, 0.1) is 11.8 Å². The van der Waals surface area contributed by atoms with Gasteiger partial charge in [-0.1, -0.05) is 66.2 Å². The minimum absolute atomic E-state index is 0.202. The van der Waals surface area contributed by atoms with Crippen molar-refractivity contribution in [2.75, 3.05) is 26.4 Å². The molecule has 0 aliphatic rings. The highest BCUT2D eigenvalue weighted by molar-refractivity contribution is 5.73. The number of carbonyl (C=O) groups is 2. The Kier molecular flexibility index (Phi) is 15.7. The summed E-state index contributed by atoms with van der Waals surface area (Å²) in [6, 6.07) is 0. The van der Waals surface area contributed by atoms with Crippen LogP contribution in [0.2, 0.25) is 0 Å². The summed E-state index contributed by atoms with van der Waals surface area (Å²) in [5, 5.41) is 0. The molecule has 0 N–H and O–H groups in total. The molecular weight excluding hydrogens is 320 g/mol. The lowest BCUT2D eigenvalue weighted by molar-refractivity contribution is -0.157. The summed E-state index contributed by atoms with van der Waals surface area (Å²) in [6.45, 7) is 8.96. The summed E-state index contributed by atoms with van der Waals surface area (Å²) in [5.74, 6) is -0.0276. The third-order valence-electron chi connectivity index (χ3n) is 4.49. The normalized spacial score (nSPS) is 13.3. The molecule has 0 aromatic heterocycles. The molecule has 5 heteroatoms. The molecule has 0 bridgehead atoms. The Hall–Kier alpha value is -1.10. The highest BCUT2D eigenvalue weighted by Crippen LogP contribution is 2.13. The van der Waals surface area contributed by atoms with Crippen molar-refractivity contribution < 1.29 is 23.8 Å². The van der Waals surface area contributed by atoms with Crippen LogP contribution in [0.15, 0.2) is 0 Å². The van der Waals surface area contributed by atoms with Crippen molar-refractivity contribution in [3.05, 3.63) is 0 Å². The molecule has 2 unspecified atom stereocenters. The number of unbranched alkanes of at least 4 members (excludes halogenated alkanes) is 2. The minimum Gasteiger partial charge on any atom is -0.464 e. The molecule has 0 radical (unpaired) electrons. The molecule has 0 aliphatic heterocycles. The van der Waals surface area contributed by atoms with E-state index in [-0.39, 0.29) is 13.2 Å². The largest absolute Gasteiger partial charge is 0.464 e. The first kappa shape index (κ1) is 23.9. The van der Waals surface area contributed by atoms with Gasteiger partial charge in [0, 0.05) is 0 Å². The van der Waals surface area contributed by atoms with Crippen LogP contribution in [0.3, 0.4) is 0 Å². The predicted molar refractivity (Wildman–Crippen MR) is 99.3 cm³/mol. The second-order valence-corrected chi connectivity index (χ2v) is 6.69. The van der Waals surface area contributed by atoms with Crippen molar-refractivity contribution in [2.24, 2.45) is 11.8 Å². The van der Waals surface area contributed by atoms with Gasteiger partial charge in [-0.3, -0.25) is 0 Å². The molecule has 0 aromatic rings. The number of rotatable bonds is 16. The van der Waals surface area contributed by atoms with E-state index in [4.69, 9.17) is 14.2 Å². The second-order valence-electron chi connectivity index (χ2n) is 6.69. The van der Waals surface area contributed by atoms with Crippen LogP contribution in [-0.4, -0.2) is 38.4 Å². The Morgan fingerprint density at radius 3 is 1.44 bits per heavy atom. The number of hydrogen-bond acceptors (Lipinski definition) is 5. The fourth-order valence-corrected chi connectivity index (χ4v) is 2.52. The lowest BCUT2D eigenvalue weighted by Crippen LogP contribution is -2.22. The van der Waals surface area contributed by atoms with Gasteiger partial charge in [0.05, 0.1) is 13.2 Å². The summed E-state index contributed by atoms with van der Waals surface area (Å²) in [5.41, 5.74) is 0. The molecule has 0 aromatic carbocycles. The van der Waals surface area contributed by atoms with Crippen LogP contribution >= 0.6 is 0 Å². The Balaban J connectivity index is 3.79. The van der Waals surface area contributed by atoms with Gasteiger partial charge in [-0.2, -0.15) is 0 Å². The molecule has 0 heterocycles. The smallest absolute Gasteiger partial charge is 0.332 e. The van der Waals surface area contributed by atoms with Crippen LogP contribution in [0.4, 0.5) is 0 Å². The summed E-state index contributed by atoms with van der Waals surface area (Å²) in [4.78, 5) is 23.3. The fourth-order valence-electron chi connectivity index (χ4n) is 2.52. The highest BCUT2D eigenvalue weighted by atomic mass is 16.6. The monoisotopic (exact) mass is 358 g/mol. The lowest BCUT2D eigenvalue weighted by atomic mass is 10.0. The molecule has 0 fully saturated rings. The zero-order valence-corrected chi connectivity index (χ0v) is 16.7. The maximum absolute atomic E-state index is 11.7. The molecule has 2 atom stereocenters. The van der Waals surface area contributed by atoms with Crippen molar-refractivity contribution in [1.82, 2.24) is 0 Å². The van der Waals surface area contributed by atoms with Crippen molar-refractivity contribution >= 4 is 11.9 Å². The molecule has 0 saturated carbocycles. The Bertz CT molecular complexity index is 311. The van der Waals surface area contributed by atoms with Gasteiger partial charge in [0.1, 0.15) is 13.2 Å². The van der Waals surface area contributed by atoms with E-state index in [1.165, 1.54) is 0 Å². The molecule has 0 rings (SSSR count). The predicted octanol–water partition coefficient (Wildman–Crippen LogP) is 4.52. The molecule has 148 valence electrons. The topological polar surface area (TPSA) is 61.8 Å². The van der Waals surface area contributed by atoms with Crippen molar-refractivity contribution in [1.29, 1.82) is 0 Å². The van der Waals surface area contributed by atoms with Crippen molar-refractivity contribution in [2.45, 2.75) is 79.1 Å². The molecular formula is C20H38O5. The van der Waals surface area contributed by atoms with Gasteiger partial charge in [0.25, 0.3) is 0 Å². The average Bonchev–Trinajstić information content (AvgIpc) is 2.62. The van der Waals surface area contributed by atoms with Crippen molar-refractivity contribution in [3.8, 4) is 0 Å². The van der Waals surface area contributed by atoms with E-state index in [0.717, 1.165) is 51.4 Å². The fraction of sp³-hybridized carbons (Fsp3) is 0.900. The van der Waals surface area contributed by atoms with E-state index in [9.17, 15) is 9.59 Å². The van der Waals surface area contributed by atoms with E-state index in [0.29, 0.717) is 25.0 Å². The molecule has 0 saturated heterocycles.